The number of thiazole rings is 2. The second kappa shape index (κ2) is 12.1. The summed E-state index contributed by atoms with van der Waals surface area (Å²) in [7, 11) is 0. The van der Waals surface area contributed by atoms with Crippen molar-refractivity contribution in [2.75, 3.05) is 19.6 Å². The predicted molar refractivity (Wildman–Crippen MR) is 132 cm³/mol. The lowest BCUT2D eigenvalue weighted by Crippen LogP contribution is -2.38. The van der Waals surface area contributed by atoms with Crippen LogP contribution >= 0.6 is 46.7 Å². The zero-order valence-corrected chi connectivity index (χ0v) is 21.1. The highest BCUT2D eigenvalue weighted by Crippen LogP contribution is 2.27. The molecule has 0 bridgehead atoms. The Morgan fingerprint density at radius 3 is 2.54 bits per heavy atom. The zero-order chi connectivity index (χ0) is 19.1. The fourth-order valence-corrected chi connectivity index (χ4v) is 5.34. The van der Waals surface area contributed by atoms with Crippen molar-refractivity contribution < 1.29 is 0 Å². The summed E-state index contributed by atoms with van der Waals surface area (Å²) in [4.78, 5) is 17.0. The molecule has 5 nitrogen and oxygen atoms in total. The second-order valence-electron chi connectivity index (χ2n) is 6.97. The Labute approximate surface area is 193 Å². The van der Waals surface area contributed by atoms with Crippen LogP contribution < -0.4 is 10.6 Å². The Balaban J connectivity index is 0.00000280. The van der Waals surface area contributed by atoms with Crippen LogP contribution in [0.1, 0.15) is 57.3 Å². The molecule has 0 unspecified atom stereocenters. The summed E-state index contributed by atoms with van der Waals surface area (Å²) in [5.41, 5.74) is 2.52. The maximum atomic E-state index is 4.83. The van der Waals surface area contributed by atoms with Crippen molar-refractivity contribution in [2.24, 2.45) is 4.99 Å². The third kappa shape index (κ3) is 6.95. The number of aromatic nitrogens is 2. The first kappa shape index (κ1) is 23.5. The zero-order valence-electron chi connectivity index (χ0n) is 17.1. The molecule has 3 rings (SSSR count). The van der Waals surface area contributed by atoms with Gasteiger partial charge < -0.3 is 10.6 Å². The number of guanidine groups is 1. The molecule has 0 aromatic carbocycles. The van der Waals surface area contributed by atoms with E-state index >= 15 is 0 Å². The van der Waals surface area contributed by atoms with Crippen LogP contribution in [0.5, 0.6) is 0 Å². The third-order valence-electron chi connectivity index (χ3n) is 4.76. The van der Waals surface area contributed by atoms with Gasteiger partial charge in [0.25, 0.3) is 0 Å². The number of hydrogen-bond acceptors (Lipinski definition) is 5. The predicted octanol–water partition coefficient (Wildman–Crippen LogP) is 4.44. The minimum atomic E-state index is 0. The Kier molecular flexibility index (Phi) is 10.1. The summed E-state index contributed by atoms with van der Waals surface area (Å²) in [6.45, 7) is 8.87. The molecule has 0 fully saturated rings. The molecule has 0 saturated carbocycles. The fourth-order valence-electron chi connectivity index (χ4n) is 3.21. The van der Waals surface area contributed by atoms with Crippen molar-refractivity contribution in [1.29, 1.82) is 0 Å². The first-order chi connectivity index (χ1) is 13.2. The summed E-state index contributed by atoms with van der Waals surface area (Å²) in [6, 6.07) is 0. The van der Waals surface area contributed by atoms with E-state index in [-0.39, 0.29) is 24.0 Å². The van der Waals surface area contributed by atoms with Crippen LogP contribution in [-0.2, 0) is 25.7 Å². The first-order valence-corrected chi connectivity index (χ1v) is 11.7. The van der Waals surface area contributed by atoms with Gasteiger partial charge in [0.05, 0.1) is 21.4 Å². The summed E-state index contributed by atoms with van der Waals surface area (Å²) < 4.78 is 0. The molecule has 0 atom stereocenters. The Hall–Kier alpha value is -0.740. The van der Waals surface area contributed by atoms with E-state index in [1.54, 1.807) is 11.3 Å². The van der Waals surface area contributed by atoms with Crippen LogP contribution in [0.15, 0.2) is 4.99 Å². The quantitative estimate of drug-likeness (QED) is 0.228. The van der Waals surface area contributed by atoms with E-state index in [1.165, 1.54) is 51.1 Å². The molecule has 1 aliphatic carbocycles. The molecule has 1 aliphatic rings. The highest BCUT2D eigenvalue weighted by atomic mass is 127. The van der Waals surface area contributed by atoms with Crippen molar-refractivity contribution in [3.8, 4) is 0 Å². The smallest absolute Gasteiger partial charge is 0.191 e. The average Bonchev–Trinajstić information content (AvgIpc) is 3.21. The standard InChI is InChI=1S/C20H31N5S2.HI/c1-4-21-20(23-13-11-19-24-14(2)15(3)26-19)22-12-7-10-18-25-16-8-5-6-9-17(16)27-18;/h4-13H2,1-3H3,(H2,21,22,23);1H. The molecule has 2 N–H and O–H groups in total. The van der Waals surface area contributed by atoms with Crippen LogP contribution in [0.3, 0.4) is 0 Å². The van der Waals surface area contributed by atoms with Gasteiger partial charge in [0, 0.05) is 42.2 Å². The lowest BCUT2D eigenvalue weighted by molar-refractivity contribution is 0.679. The molecular weight excluding hydrogens is 501 g/mol. The van der Waals surface area contributed by atoms with E-state index in [0.717, 1.165) is 50.6 Å². The van der Waals surface area contributed by atoms with Crippen LogP contribution in [0.25, 0.3) is 0 Å². The molecule has 0 spiro atoms. The topological polar surface area (TPSA) is 62.2 Å². The van der Waals surface area contributed by atoms with E-state index < -0.39 is 0 Å². The molecule has 2 aromatic heterocycles. The Bertz CT molecular complexity index is 726. The highest BCUT2D eigenvalue weighted by molar-refractivity contribution is 14.0. The number of aliphatic imine (C=N–C) groups is 1. The van der Waals surface area contributed by atoms with E-state index in [2.05, 4.69) is 36.4 Å². The minimum Gasteiger partial charge on any atom is -0.357 e. The van der Waals surface area contributed by atoms with Crippen molar-refractivity contribution in [2.45, 2.75) is 65.7 Å². The fraction of sp³-hybridized carbons (Fsp3) is 0.650. The number of fused-ring (bicyclic) bond motifs is 1. The number of halogens is 1. The average molecular weight is 534 g/mol. The maximum Gasteiger partial charge on any atom is 0.191 e. The van der Waals surface area contributed by atoms with Gasteiger partial charge in [-0.2, -0.15) is 0 Å². The lowest BCUT2D eigenvalue weighted by atomic mass is 10.0. The number of nitrogens with one attached hydrogen (secondary N) is 2. The second-order valence-corrected chi connectivity index (χ2v) is 9.43. The molecule has 0 radical (unpaired) electrons. The Morgan fingerprint density at radius 2 is 1.82 bits per heavy atom. The van der Waals surface area contributed by atoms with Crippen molar-refractivity contribution in [3.05, 3.63) is 31.2 Å². The van der Waals surface area contributed by atoms with Gasteiger partial charge >= 0.3 is 0 Å². The molecule has 0 aliphatic heterocycles. The molecule has 28 heavy (non-hydrogen) atoms. The van der Waals surface area contributed by atoms with E-state index in [0.29, 0.717) is 0 Å². The van der Waals surface area contributed by atoms with Crippen molar-refractivity contribution in [3.63, 3.8) is 0 Å². The maximum absolute atomic E-state index is 4.83. The summed E-state index contributed by atoms with van der Waals surface area (Å²) in [5, 5.41) is 9.25. The Morgan fingerprint density at radius 1 is 1.04 bits per heavy atom. The van der Waals surface area contributed by atoms with Crippen molar-refractivity contribution in [1.82, 2.24) is 20.6 Å². The van der Waals surface area contributed by atoms with Crippen LogP contribution in [0.2, 0.25) is 0 Å². The number of nitrogens with zero attached hydrogens (tertiary/aromatic N) is 3. The van der Waals surface area contributed by atoms with Crippen LogP contribution in [0, 0.1) is 13.8 Å². The molecule has 156 valence electrons. The molecule has 2 aromatic rings. The van der Waals surface area contributed by atoms with Gasteiger partial charge in [-0.05, 0) is 52.9 Å². The molecular formula is C20H32IN5S2. The monoisotopic (exact) mass is 533 g/mol. The third-order valence-corrected chi connectivity index (χ3v) is 7.11. The van der Waals surface area contributed by atoms with Gasteiger partial charge in [0.2, 0.25) is 0 Å². The highest BCUT2D eigenvalue weighted by Gasteiger charge is 2.14. The number of rotatable bonds is 8. The SMILES string of the molecule is CCNC(=NCCCc1nc2c(s1)CCCC2)NCCc1nc(C)c(C)s1.I. The van der Waals surface area contributed by atoms with Gasteiger partial charge in [-0.25, -0.2) is 9.97 Å². The van der Waals surface area contributed by atoms with Gasteiger partial charge in [-0.15, -0.1) is 46.7 Å². The summed E-state index contributed by atoms with van der Waals surface area (Å²) in [5.74, 6) is 0.904. The normalized spacial score (nSPS) is 13.8. The van der Waals surface area contributed by atoms with Crippen molar-refractivity contribution >= 4 is 52.6 Å². The van der Waals surface area contributed by atoms with Crippen LogP contribution in [0.4, 0.5) is 0 Å². The van der Waals surface area contributed by atoms with Gasteiger partial charge in [0.15, 0.2) is 5.96 Å². The summed E-state index contributed by atoms with van der Waals surface area (Å²) in [6.07, 6.45) is 8.07. The molecule has 0 saturated heterocycles. The number of aryl methyl sites for hydroxylation is 5. The molecule has 0 amide bonds. The summed E-state index contributed by atoms with van der Waals surface area (Å²) >= 11 is 3.71. The van der Waals surface area contributed by atoms with E-state index in [9.17, 15) is 0 Å². The first-order valence-electron chi connectivity index (χ1n) is 10.1. The van der Waals surface area contributed by atoms with Gasteiger partial charge in [0.1, 0.15) is 0 Å². The lowest BCUT2D eigenvalue weighted by Gasteiger charge is -2.10. The van der Waals surface area contributed by atoms with E-state index in [1.807, 2.05) is 11.3 Å². The van der Waals surface area contributed by atoms with Gasteiger partial charge in [-0.1, -0.05) is 0 Å². The van der Waals surface area contributed by atoms with Crippen LogP contribution in [-0.4, -0.2) is 35.6 Å². The van der Waals surface area contributed by atoms with Gasteiger partial charge in [-0.3, -0.25) is 4.99 Å². The number of hydrogen-bond donors (Lipinski definition) is 2. The molecule has 2 heterocycles. The molecule has 8 heteroatoms. The van der Waals surface area contributed by atoms with E-state index in [4.69, 9.17) is 9.98 Å². The largest absolute Gasteiger partial charge is 0.357 e. The minimum absolute atomic E-state index is 0.